The first-order valence-corrected chi connectivity index (χ1v) is 5.50. The third kappa shape index (κ3) is 3.06. The zero-order chi connectivity index (χ0) is 10.6. The summed E-state index contributed by atoms with van der Waals surface area (Å²) in [4.78, 5) is 0. The summed E-state index contributed by atoms with van der Waals surface area (Å²) in [5.74, 6) is 0.670. The largest absolute Gasteiger partial charge is 0.383 e. The molecule has 0 radical (unpaired) electrons. The van der Waals surface area contributed by atoms with Crippen LogP contribution < -0.4 is 5.32 Å². The van der Waals surface area contributed by atoms with Gasteiger partial charge < -0.3 is 5.32 Å². The number of anilines is 1. The molecule has 0 spiro atoms. The van der Waals surface area contributed by atoms with E-state index in [4.69, 9.17) is 0 Å². The van der Waals surface area contributed by atoms with Gasteiger partial charge in [-0.25, -0.2) is 0 Å². The third-order valence-electron chi connectivity index (χ3n) is 2.55. The molecule has 0 aliphatic carbocycles. The molecule has 0 bridgehead atoms. The van der Waals surface area contributed by atoms with Crippen LogP contribution >= 0.6 is 0 Å². The Kier molecular flexibility index (Phi) is 3.99. The minimum absolute atomic E-state index is 0. The van der Waals surface area contributed by atoms with E-state index in [-0.39, 0.29) is 1.43 Å². The number of hydrogen-bond acceptors (Lipinski definition) is 1. The Morgan fingerprint density at radius 2 is 1.71 bits per heavy atom. The number of benzene rings is 1. The molecule has 1 unspecified atom stereocenters. The van der Waals surface area contributed by atoms with Crippen LogP contribution in [0, 0.1) is 0 Å². The van der Waals surface area contributed by atoms with Crippen molar-refractivity contribution in [1.29, 1.82) is 0 Å². The first kappa shape index (κ1) is 11.1. The molecule has 0 heterocycles. The first-order valence-electron chi connectivity index (χ1n) is 5.50. The molecule has 1 aromatic carbocycles. The molecule has 80 valence electrons. The van der Waals surface area contributed by atoms with Gasteiger partial charge in [0.25, 0.3) is 0 Å². The molecule has 14 heavy (non-hydrogen) atoms. The molecule has 1 heteroatoms. The molecular formula is C13H23N. The van der Waals surface area contributed by atoms with Gasteiger partial charge in [-0.15, -0.1) is 0 Å². The van der Waals surface area contributed by atoms with Crippen LogP contribution in [0.1, 0.15) is 47.0 Å². The van der Waals surface area contributed by atoms with E-state index in [1.807, 2.05) is 0 Å². The second-order valence-electron chi connectivity index (χ2n) is 4.23. The molecule has 1 rings (SSSR count). The van der Waals surface area contributed by atoms with Crippen molar-refractivity contribution in [2.24, 2.45) is 0 Å². The fraction of sp³-hybridized carbons (Fsp3) is 0.538. The summed E-state index contributed by atoms with van der Waals surface area (Å²) in [6, 6.07) is 9.28. The van der Waals surface area contributed by atoms with Crippen molar-refractivity contribution in [3.8, 4) is 0 Å². The molecule has 1 N–H and O–H groups in total. The Balaban J connectivity index is 0.00000196. The summed E-state index contributed by atoms with van der Waals surface area (Å²) in [7, 11) is 0. The summed E-state index contributed by atoms with van der Waals surface area (Å²) in [5, 5.41) is 3.39. The standard InChI is InChI=1S/C13H21N.H2/c1-5-11(4)12-6-8-13(9-7-12)14-10(2)3;/h6-11,14H,5H2,1-4H3;1H. The minimum atomic E-state index is 0. The molecule has 1 aromatic rings. The van der Waals surface area contributed by atoms with Gasteiger partial charge in [-0.2, -0.15) is 0 Å². The lowest BCUT2D eigenvalue weighted by molar-refractivity contribution is 0.733. The lowest BCUT2D eigenvalue weighted by Crippen LogP contribution is -2.09. The van der Waals surface area contributed by atoms with Crippen molar-refractivity contribution < 1.29 is 1.43 Å². The van der Waals surface area contributed by atoms with E-state index in [0.29, 0.717) is 12.0 Å². The summed E-state index contributed by atoms with van der Waals surface area (Å²) in [6.45, 7) is 8.81. The maximum atomic E-state index is 3.39. The van der Waals surface area contributed by atoms with Crippen molar-refractivity contribution in [2.45, 2.75) is 46.1 Å². The Morgan fingerprint density at radius 1 is 1.14 bits per heavy atom. The van der Waals surface area contributed by atoms with Crippen LogP contribution in [0.25, 0.3) is 0 Å². The van der Waals surface area contributed by atoms with E-state index < -0.39 is 0 Å². The van der Waals surface area contributed by atoms with Gasteiger partial charge in [0, 0.05) is 13.2 Å². The van der Waals surface area contributed by atoms with Crippen LogP contribution in [0.15, 0.2) is 24.3 Å². The van der Waals surface area contributed by atoms with Gasteiger partial charge in [0.1, 0.15) is 0 Å². The van der Waals surface area contributed by atoms with Gasteiger partial charge in [0.05, 0.1) is 0 Å². The highest BCUT2D eigenvalue weighted by atomic mass is 14.9. The first-order chi connectivity index (χ1) is 6.63. The molecule has 1 nitrogen and oxygen atoms in total. The summed E-state index contributed by atoms with van der Waals surface area (Å²) in [5.41, 5.74) is 2.65. The van der Waals surface area contributed by atoms with Gasteiger partial charge in [-0.1, -0.05) is 26.0 Å². The van der Waals surface area contributed by atoms with Crippen LogP contribution in [0.5, 0.6) is 0 Å². The van der Waals surface area contributed by atoms with E-state index >= 15 is 0 Å². The average Bonchev–Trinajstić information content (AvgIpc) is 2.17. The Hall–Kier alpha value is -0.980. The van der Waals surface area contributed by atoms with Crippen LogP contribution in [0.4, 0.5) is 5.69 Å². The highest BCUT2D eigenvalue weighted by Crippen LogP contribution is 2.20. The van der Waals surface area contributed by atoms with Gasteiger partial charge in [0.15, 0.2) is 0 Å². The molecule has 0 aromatic heterocycles. The highest BCUT2D eigenvalue weighted by Gasteiger charge is 2.02. The molecule has 0 aliphatic rings. The summed E-state index contributed by atoms with van der Waals surface area (Å²) < 4.78 is 0. The van der Waals surface area contributed by atoms with Crippen molar-refractivity contribution in [3.63, 3.8) is 0 Å². The van der Waals surface area contributed by atoms with Crippen LogP contribution in [-0.2, 0) is 0 Å². The third-order valence-corrected chi connectivity index (χ3v) is 2.55. The maximum absolute atomic E-state index is 3.39. The van der Waals surface area contributed by atoms with Crippen LogP contribution in [0.2, 0.25) is 0 Å². The fourth-order valence-electron chi connectivity index (χ4n) is 1.48. The molecule has 0 amide bonds. The monoisotopic (exact) mass is 193 g/mol. The van der Waals surface area contributed by atoms with Crippen LogP contribution in [-0.4, -0.2) is 6.04 Å². The Bertz CT molecular complexity index is 266. The van der Waals surface area contributed by atoms with Crippen molar-refractivity contribution in [1.82, 2.24) is 0 Å². The highest BCUT2D eigenvalue weighted by molar-refractivity contribution is 5.45. The molecule has 0 saturated carbocycles. The van der Waals surface area contributed by atoms with Gasteiger partial charge >= 0.3 is 0 Å². The maximum Gasteiger partial charge on any atom is 0.0342 e. The van der Waals surface area contributed by atoms with E-state index in [0.717, 1.165) is 0 Å². The Morgan fingerprint density at radius 3 is 2.14 bits per heavy atom. The van der Waals surface area contributed by atoms with E-state index in [2.05, 4.69) is 57.3 Å². The zero-order valence-electron chi connectivity index (χ0n) is 9.67. The van der Waals surface area contributed by atoms with Gasteiger partial charge in [0.2, 0.25) is 0 Å². The fourth-order valence-corrected chi connectivity index (χ4v) is 1.48. The van der Waals surface area contributed by atoms with E-state index in [1.165, 1.54) is 17.7 Å². The smallest absolute Gasteiger partial charge is 0.0342 e. The quantitative estimate of drug-likeness (QED) is 0.753. The average molecular weight is 193 g/mol. The molecule has 0 aliphatic heterocycles. The van der Waals surface area contributed by atoms with Crippen LogP contribution in [0.3, 0.4) is 0 Å². The van der Waals surface area contributed by atoms with Gasteiger partial charge in [-0.05, 0) is 43.9 Å². The lowest BCUT2D eigenvalue weighted by atomic mass is 9.98. The topological polar surface area (TPSA) is 12.0 Å². The summed E-state index contributed by atoms with van der Waals surface area (Å²) >= 11 is 0. The Labute approximate surface area is 89.0 Å². The van der Waals surface area contributed by atoms with Crippen molar-refractivity contribution in [3.05, 3.63) is 29.8 Å². The zero-order valence-corrected chi connectivity index (χ0v) is 9.67. The number of hydrogen-bond donors (Lipinski definition) is 1. The molecular weight excluding hydrogens is 170 g/mol. The summed E-state index contributed by atoms with van der Waals surface area (Å²) in [6.07, 6.45) is 1.21. The number of nitrogens with one attached hydrogen (secondary N) is 1. The minimum Gasteiger partial charge on any atom is -0.383 e. The van der Waals surface area contributed by atoms with Crippen molar-refractivity contribution >= 4 is 5.69 Å². The number of rotatable bonds is 4. The van der Waals surface area contributed by atoms with E-state index in [1.54, 1.807) is 0 Å². The molecule has 1 atom stereocenters. The SMILES string of the molecule is CCC(C)c1ccc(NC(C)C)cc1.[HH]. The molecule has 0 saturated heterocycles. The van der Waals surface area contributed by atoms with Crippen molar-refractivity contribution in [2.75, 3.05) is 5.32 Å². The second kappa shape index (κ2) is 5.04. The van der Waals surface area contributed by atoms with E-state index in [9.17, 15) is 0 Å². The molecule has 0 fully saturated rings. The lowest BCUT2D eigenvalue weighted by Gasteiger charge is -2.12. The predicted molar refractivity (Wildman–Crippen MR) is 66.0 cm³/mol. The normalized spacial score (nSPS) is 12.9. The van der Waals surface area contributed by atoms with Gasteiger partial charge in [-0.3, -0.25) is 0 Å². The second-order valence-corrected chi connectivity index (χ2v) is 4.23. The predicted octanol–water partition coefficient (Wildman–Crippen LogP) is 4.27.